The summed E-state index contributed by atoms with van der Waals surface area (Å²) in [6, 6.07) is 11.8. The molecule has 0 fully saturated rings. The van der Waals surface area contributed by atoms with Crippen molar-refractivity contribution in [3.8, 4) is 11.5 Å². The number of hydrogen-bond acceptors (Lipinski definition) is 3. The summed E-state index contributed by atoms with van der Waals surface area (Å²) < 4.78 is 23.5. The molecule has 0 N–H and O–H groups in total. The van der Waals surface area contributed by atoms with Crippen LogP contribution >= 0.6 is 11.6 Å². The van der Waals surface area contributed by atoms with Gasteiger partial charge in [0.15, 0.2) is 11.5 Å². The fourth-order valence-electron chi connectivity index (χ4n) is 2.49. The smallest absolute Gasteiger partial charge is 0.237 e. The van der Waals surface area contributed by atoms with Crippen LogP contribution in [0.4, 0.5) is 4.39 Å². The first-order chi connectivity index (χ1) is 12.1. The van der Waals surface area contributed by atoms with Crippen molar-refractivity contribution < 1.29 is 18.7 Å². The predicted octanol–water partition coefficient (Wildman–Crippen LogP) is 3.65. The minimum atomic E-state index is -0.302. The molecule has 0 heterocycles. The zero-order valence-electron chi connectivity index (χ0n) is 14.3. The summed E-state index contributed by atoms with van der Waals surface area (Å²) in [6.07, 6.45) is 0.643. The van der Waals surface area contributed by atoms with E-state index >= 15 is 0 Å². The van der Waals surface area contributed by atoms with Crippen molar-refractivity contribution in [2.24, 2.45) is 0 Å². The Morgan fingerprint density at radius 1 is 1.04 bits per heavy atom. The molecule has 2 aromatic rings. The number of rotatable bonds is 8. The van der Waals surface area contributed by atoms with Crippen molar-refractivity contribution in [2.45, 2.75) is 13.0 Å². The summed E-state index contributed by atoms with van der Waals surface area (Å²) in [5.41, 5.74) is 1.87. The summed E-state index contributed by atoms with van der Waals surface area (Å²) in [7, 11) is 3.17. The van der Waals surface area contributed by atoms with E-state index in [0.717, 1.165) is 11.1 Å². The second-order valence-corrected chi connectivity index (χ2v) is 5.78. The maximum atomic E-state index is 13.0. The fraction of sp³-hybridized carbons (Fsp3) is 0.316. The van der Waals surface area contributed by atoms with E-state index in [-0.39, 0.29) is 17.6 Å². The van der Waals surface area contributed by atoms with Crippen molar-refractivity contribution in [1.29, 1.82) is 0 Å². The number of hydrogen-bond donors (Lipinski definition) is 0. The van der Waals surface area contributed by atoms with Crippen LogP contribution in [-0.2, 0) is 17.8 Å². The Bertz CT molecular complexity index is 706. The second-order valence-electron chi connectivity index (χ2n) is 5.51. The van der Waals surface area contributed by atoms with E-state index in [2.05, 4.69) is 0 Å². The number of carbonyl (C=O) groups excluding carboxylic acids is 1. The SMILES string of the molecule is COc1ccc(CCN(Cc2ccc(F)cc2)C(=O)CCl)cc1OC. The molecule has 25 heavy (non-hydrogen) atoms. The molecule has 0 aliphatic heterocycles. The first-order valence-corrected chi connectivity index (χ1v) is 8.40. The highest BCUT2D eigenvalue weighted by Crippen LogP contribution is 2.27. The van der Waals surface area contributed by atoms with Gasteiger partial charge in [-0.05, 0) is 41.8 Å². The molecule has 0 radical (unpaired) electrons. The maximum Gasteiger partial charge on any atom is 0.237 e. The zero-order valence-corrected chi connectivity index (χ0v) is 15.1. The molecule has 134 valence electrons. The van der Waals surface area contributed by atoms with Crippen LogP contribution in [0.15, 0.2) is 42.5 Å². The lowest BCUT2D eigenvalue weighted by atomic mass is 10.1. The first kappa shape index (κ1) is 19.1. The highest BCUT2D eigenvalue weighted by molar-refractivity contribution is 6.27. The van der Waals surface area contributed by atoms with Crippen molar-refractivity contribution >= 4 is 17.5 Å². The summed E-state index contributed by atoms with van der Waals surface area (Å²) >= 11 is 5.72. The Hall–Kier alpha value is -2.27. The number of carbonyl (C=O) groups is 1. The average molecular weight is 366 g/mol. The molecule has 0 spiro atoms. The standard InChI is InChI=1S/C19H21ClFNO3/c1-24-17-8-5-14(11-18(17)25-2)9-10-22(19(23)12-20)13-15-3-6-16(21)7-4-15/h3-8,11H,9-10,12-13H2,1-2H3. The molecule has 2 aromatic carbocycles. The van der Waals surface area contributed by atoms with Gasteiger partial charge in [0.25, 0.3) is 0 Å². The van der Waals surface area contributed by atoms with E-state index in [1.54, 1.807) is 31.3 Å². The molecule has 0 saturated heterocycles. The third-order valence-corrected chi connectivity index (χ3v) is 4.10. The minimum Gasteiger partial charge on any atom is -0.493 e. The molecule has 6 heteroatoms. The van der Waals surface area contributed by atoms with Gasteiger partial charge in [0.1, 0.15) is 11.7 Å². The van der Waals surface area contributed by atoms with Crippen LogP contribution in [-0.4, -0.2) is 37.5 Å². The predicted molar refractivity (Wildman–Crippen MR) is 95.8 cm³/mol. The molecule has 0 aromatic heterocycles. The number of halogens is 2. The third kappa shape index (κ3) is 5.36. The quantitative estimate of drug-likeness (QED) is 0.670. The summed E-state index contributed by atoms with van der Waals surface area (Å²) in [4.78, 5) is 13.8. The van der Waals surface area contributed by atoms with Gasteiger partial charge in [0, 0.05) is 13.1 Å². The van der Waals surface area contributed by atoms with Crippen LogP contribution in [0.1, 0.15) is 11.1 Å². The molecule has 0 atom stereocenters. The van der Waals surface area contributed by atoms with Crippen molar-refractivity contribution in [2.75, 3.05) is 26.6 Å². The molecule has 0 saturated carbocycles. The fourth-order valence-corrected chi connectivity index (χ4v) is 2.66. The topological polar surface area (TPSA) is 38.8 Å². The minimum absolute atomic E-state index is 0.0902. The largest absolute Gasteiger partial charge is 0.493 e. The van der Waals surface area contributed by atoms with Gasteiger partial charge in [-0.2, -0.15) is 0 Å². The number of ether oxygens (including phenoxy) is 2. The number of benzene rings is 2. The van der Waals surface area contributed by atoms with E-state index in [1.165, 1.54) is 12.1 Å². The van der Waals surface area contributed by atoms with Gasteiger partial charge in [-0.3, -0.25) is 4.79 Å². The van der Waals surface area contributed by atoms with Gasteiger partial charge < -0.3 is 14.4 Å². The Labute approximate surface area is 152 Å². The van der Waals surface area contributed by atoms with Gasteiger partial charge in [-0.1, -0.05) is 18.2 Å². The van der Waals surface area contributed by atoms with Crippen molar-refractivity contribution in [1.82, 2.24) is 4.90 Å². The zero-order chi connectivity index (χ0) is 18.2. The molecular formula is C19H21ClFNO3. The van der Waals surface area contributed by atoms with Crippen molar-refractivity contribution in [3.05, 3.63) is 59.4 Å². The molecule has 1 amide bonds. The monoisotopic (exact) mass is 365 g/mol. The Morgan fingerprint density at radius 3 is 2.28 bits per heavy atom. The molecule has 0 bridgehead atoms. The van der Waals surface area contributed by atoms with Crippen LogP contribution in [0.5, 0.6) is 11.5 Å². The van der Waals surface area contributed by atoms with Crippen LogP contribution in [0.3, 0.4) is 0 Å². The number of alkyl halides is 1. The van der Waals surface area contributed by atoms with E-state index in [9.17, 15) is 9.18 Å². The van der Waals surface area contributed by atoms with Crippen LogP contribution < -0.4 is 9.47 Å². The Morgan fingerprint density at radius 2 is 1.68 bits per heavy atom. The summed E-state index contributed by atoms with van der Waals surface area (Å²) in [5, 5.41) is 0. The van der Waals surface area contributed by atoms with E-state index in [1.807, 2.05) is 18.2 Å². The van der Waals surface area contributed by atoms with Crippen LogP contribution in [0, 0.1) is 5.82 Å². The van der Waals surface area contributed by atoms with E-state index in [4.69, 9.17) is 21.1 Å². The maximum absolute atomic E-state index is 13.0. The molecule has 2 rings (SSSR count). The van der Waals surface area contributed by atoms with Gasteiger partial charge in [0.05, 0.1) is 14.2 Å². The molecule has 0 aliphatic rings. The highest BCUT2D eigenvalue weighted by Gasteiger charge is 2.14. The average Bonchev–Trinajstić information content (AvgIpc) is 2.65. The van der Waals surface area contributed by atoms with Gasteiger partial charge >= 0.3 is 0 Å². The highest BCUT2D eigenvalue weighted by atomic mass is 35.5. The van der Waals surface area contributed by atoms with E-state index < -0.39 is 0 Å². The summed E-state index contributed by atoms with van der Waals surface area (Å²) in [5.74, 6) is 0.753. The van der Waals surface area contributed by atoms with Gasteiger partial charge in [-0.15, -0.1) is 11.6 Å². The van der Waals surface area contributed by atoms with Crippen LogP contribution in [0.25, 0.3) is 0 Å². The summed E-state index contributed by atoms with van der Waals surface area (Å²) in [6.45, 7) is 0.886. The Balaban J connectivity index is 2.07. The molecule has 0 aliphatic carbocycles. The van der Waals surface area contributed by atoms with Crippen molar-refractivity contribution in [3.63, 3.8) is 0 Å². The lowest BCUT2D eigenvalue weighted by Crippen LogP contribution is -2.33. The van der Waals surface area contributed by atoms with Crippen LogP contribution in [0.2, 0.25) is 0 Å². The number of nitrogens with zero attached hydrogens (tertiary/aromatic N) is 1. The molecular weight excluding hydrogens is 345 g/mol. The lowest BCUT2D eigenvalue weighted by Gasteiger charge is -2.22. The lowest BCUT2D eigenvalue weighted by molar-refractivity contribution is -0.129. The number of amides is 1. The second kappa shape index (κ2) is 9.28. The first-order valence-electron chi connectivity index (χ1n) is 7.86. The third-order valence-electron chi connectivity index (χ3n) is 3.87. The Kier molecular flexibility index (Phi) is 7.07. The van der Waals surface area contributed by atoms with Gasteiger partial charge in [-0.25, -0.2) is 4.39 Å². The van der Waals surface area contributed by atoms with E-state index in [0.29, 0.717) is 31.0 Å². The normalized spacial score (nSPS) is 10.4. The van der Waals surface area contributed by atoms with Gasteiger partial charge in [0.2, 0.25) is 5.91 Å². The molecule has 0 unspecified atom stereocenters. The number of methoxy groups -OCH3 is 2. The molecule has 4 nitrogen and oxygen atoms in total.